The van der Waals surface area contributed by atoms with Gasteiger partial charge >= 0.3 is 16.9 Å². The second-order valence-electron chi connectivity index (χ2n) is 5.46. The summed E-state index contributed by atoms with van der Waals surface area (Å²) in [5.74, 6) is -2.27. The number of hydrogen-bond donors (Lipinski definition) is 1. The van der Waals surface area contributed by atoms with Crippen LogP contribution in [0.2, 0.25) is 10.0 Å². The maximum Gasteiger partial charge on any atom is 0.344 e. The fraction of sp³-hybridized carbons (Fsp3) is 0.0588. The van der Waals surface area contributed by atoms with Gasteiger partial charge in [-0.15, -0.1) is 0 Å². The summed E-state index contributed by atoms with van der Waals surface area (Å²) < 4.78 is 9.76. The van der Waals surface area contributed by atoms with E-state index in [1.807, 2.05) is 0 Å². The third-order valence-electron chi connectivity index (χ3n) is 3.64. The van der Waals surface area contributed by atoms with Gasteiger partial charge in [0.05, 0.1) is 33.2 Å². The van der Waals surface area contributed by atoms with Gasteiger partial charge in [0.2, 0.25) is 5.76 Å². The lowest BCUT2D eigenvalue weighted by Gasteiger charge is -2.05. The van der Waals surface area contributed by atoms with Crippen LogP contribution in [0.25, 0.3) is 11.3 Å². The van der Waals surface area contributed by atoms with E-state index < -0.39 is 22.6 Å². The summed E-state index contributed by atoms with van der Waals surface area (Å²) in [5.41, 5.74) is 2.00. The van der Waals surface area contributed by atoms with Crippen molar-refractivity contribution < 1.29 is 23.8 Å². The topological polar surface area (TPSA) is 137 Å². The van der Waals surface area contributed by atoms with Gasteiger partial charge in [-0.05, 0) is 18.2 Å². The van der Waals surface area contributed by atoms with Crippen LogP contribution in [0.4, 0.5) is 5.00 Å². The third-order valence-corrected chi connectivity index (χ3v) is 5.24. The van der Waals surface area contributed by atoms with Crippen LogP contribution in [-0.4, -0.2) is 35.3 Å². The van der Waals surface area contributed by atoms with Crippen molar-refractivity contribution in [2.24, 2.45) is 5.10 Å². The Bertz CT molecular complexity index is 1150. The van der Waals surface area contributed by atoms with Crippen LogP contribution in [0.5, 0.6) is 0 Å². The first-order chi connectivity index (χ1) is 14.3. The molecule has 0 aliphatic carbocycles. The molecule has 0 saturated heterocycles. The van der Waals surface area contributed by atoms with Gasteiger partial charge in [0.25, 0.3) is 0 Å². The molecule has 1 aromatic carbocycles. The van der Waals surface area contributed by atoms with Crippen LogP contribution in [0.1, 0.15) is 25.8 Å². The minimum absolute atomic E-state index is 0.0690. The Kier molecular flexibility index (Phi) is 6.45. The number of methoxy groups -OCH3 is 1. The summed E-state index contributed by atoms with van der Waals surface area (Å²) in [6.07, 6.45) is 1.20. The first-order valence-corrected chi connectivity index (χ1v) is 9.50. The lowest BCUT2D eigenvalue weighted by Crippen LogP contribution is -2.20. The molecule has 0 spiro atoms. The highest BCUT2D eigenvalue weighted by atomic mass is 35.5. The zero-order valence-corrected chi connectivity index (χ0v) is 17.2. The van der Waals surface area contributed by atoms with Gasteiger partial charge in [0, 0.05) is 11.6 Å². The number of nitrogens with zero attached hydrogens (tertiary/aromatic N) is 3. The molecule has 1 amide bonds. The number of amides is 1. The maximum atomic E-state index is 12.5. The largest absolute Gasteiger partial charge is 0.465 e. The highest BCUT2D eigenvalue weighted by Crippen LogP contribution is 2.37. The van der Waals surface area contributed by atoms with E-state index in [1.54, 1.807) is 6.07 Å². The fourth-order valence-corrected chi connectivity index (χ4v) is 3.62. The molecule has 1 N–H and O–H groups in total. The second kappa shape index (κ2) is 9.03. The molecule has 3 aromatic rings. The molecule has 0 fully saturated rings. The number of carbonyl (C=O) groups excluding carboxylic acids is 2. The number of nitro groups is 1. The Labute approximate surface area is 182 Å². The standard InChI is InChI=1S/C17H10Cl2N4O6S/c1-28-17(25)13-14(12-9(18)3-2-4-10(12)19)22-29-15(13)16(24)21-20-7-8-5-6-11(30-8)23(26)27/h2-7H,1H3,(H,21,24). The summed E-state index contributed by atoms with van der Waals surface area (Å²) in [6, 6.07) is 7.43. The molecular formula is C17H10Cl2N4O6S. The molecule has 0 aliphatic rings. The molecule has 2 aromatic heterocycles. The average Bonchev–Trinajstić information content (AvgIpc) is 3.35. The lowest BCUT2D eigenvalue weighted by molar-refractivity contribution is -0.380. The Hall–Kier alpha value is -3.28. The maximum absolute atomic E-state index is 12.5. The van der Waals surface area contributed by atoms with Crippen molar-refractivity contribution in [2.75, 3.05) is 7.11 Å². The van der Waals surface area contributed by atoms with Crippen LogP contribution in [0.15, 0.2) is 40.0 Å². The van der Waals surface area contributed by atoms with Crippen molar-refractivity contribution in [2.45, 2.75) is 0 Å². The van der Waals surface area contributed by atoms with Crippen molar-refractivity contribution in [1.29, 1.82) is 0 Å². The Morgan fingerprint density at radius 3 is 2.60 bits per heavy atom. The Morgan fingerprint density at radius 1 is 1.30 bits per heavy atom. The molecule has 0 atom stereocenters. The number of carbonyl (C=O) groups is 2. The number of thiophene rings is 1. The highest BCUT2D eigenvalue weighted by molar-refractivity contribution is 7.16. The number of halogens is 2. The first kappa shape index (κ1) is 21.4. The lowest BCUT2D eigenvalue weighted by atomic mass is 10.1. The molecule has 10 nitrogen and oxygen atoms in total. The molecule has 13 heteroatoms. The zero-order chi connectivity index (χ0) is 21.8. The molecule has 154 valence electrons. The van der Waals surface area contributed by atoms with Crippen molar-refractivity contribution >= 4 is 57.6 Å². The van der Waals surface area contributed by atoms with Crippen molar-refractivity contribution in [3.63, 3.8) is 0 Å². The SMILES string of the molecule is COC(=O)c1c(-c2c(Cl)cccc2Cl)noc1C(=O)NN=Cc1ccc([N+](=O)[O-])s1. The van der Waals surface area contributed by atoms with Gasteiger partial charge in [-0.25, -0.2) is 10.2 Å². The van der Waals surface area contributed by atoms with Crippen LogP contribution in [0, 0.1) is 10.1 Å². The number of ether oxygens (including phenoxy) is 1. The predicted molar refractivity (Wildman–Crippen MR) is 109 cm³/mol. The van der Waals surface area contributed by atoms with Crippen LogP contribution >= 0.6 is 34.5 Å². The minimum Gasteiger partial charge on any atom is -0.465 e. The number of esters is 1. The molecule has 30 heavy (non-hydrogen) atoms. The van der Waals surface area contributed by atoms with E-state index in [-0.39, 0.29) is 31.9 Å². The number of hydrazone groups is 1. The number of rotatable bonds is 6. The molecule has 3 rings (SSSR count). The number of nitrogens with one attached hydrogen (secondary N) is 1. The van der Waals surface area contributed by atoms with E-state index in [4.69, 9.17) is 32.5 Å². The molecule has 2 heterocycles. The van der Waals surface area contributed by atoms with E-state index in [0.29, 0.717) is 4.88 Å². The summed E-state index contributed by atoms with van der Waals surface area (Å²) in [7, 11) is 1.12. The number of aromatic nitrogens is 1. The number of benzene rings is 1. The summed E-state index contributed by atoms with van der Waals surface area (Å²) >= 11 is 13.2. The van der Waals surface area contributed by atoms with Gasteiger partial charge in [-0.2, -0.15) is 5.10 Å². The molecule has 0 unspecified atom stereocenters. The molecule has 0 saturated carbocycles. The number of hydrogen-bond acceptors (Lipinski definition) is 9. The minimum atomic E-state index is -0.903. The van der Waals surface area contributed by atoms with Crippen LogP contribution in [0.3, 0.4) is 0 Å². The van der Waals surface area contributed by atoms with E-state index in [9.17, 15) is 19.7 Å². The van der Waals surface area contributed by atoms with Gasteiger partial charge in [-0.3, -0.25) is 14.9 Å². The quantitative estimate of drug-likeness (QED) is 0.248. The predicted octanol–water partition coefficient (Wildman–Crippen LogP) is 4.17. The summed E-state index contributed by atoms with van der Waals surface area (Å²) in [6.45, 7) is 0. The zero-order valence-electron chi connectivity index (χ0n) is 14.9. The van der Waals surface area contributed by atoms with Crippen LogP contribution in [-0.2, 0) is 4.74 Å². The second-order valence-corrected chi connectivity index (χ2v) is 7.36. The first-order valence-electron chi connectivity index (χ1n) is 7.93. The average molecular weight is 469 g/mol. The molecule has 0 aliphatic heterocycles. The van der Waals surface area contributed by atoms with E-state index in [2.05, 4.69) is 15.7 Å². The Balaban J connectivity index is 1.90. The highest BCUT2D eigenvalue weighted by Gasteiger charge is 2.31. The van der Waals surface area contributed by atoms with Gasteiger partial charge < -0.3 is 9.26 Å². The molecular weight excluding hydrogens is 459 g/mol. The van der Waals surface area contributed by atoms with Crippen molar-refractivity contribution in [1.82, 2.24) is 10.6 Å². The van der Waals surface area contributed by atoms with Crippen molar-refractivity contribution in [3.8, 4) is 11.3 Å². The van der Waals surface area contributed by atoms with Gasteiger partial charge in [0.1, 0.15) is 11.3 Å². The molecule has 0 radical (unpaired) electrons. The van der Waals surface area contributed by atoms with Gasteiger partial charge in [-0.1, -0.05) is 45.8 Å². The Morgan fingerprint density at radius 2 is 2.00 bits per heavy atom. The van der Waals surface area contributed by atoms with Crippen LogP contribution < -0.4 is 5.43 Å². The van der Waals surface area contributed by atoms with Gasteiger partial charge in [0.15, 0.2) is 0 Å². The fourth-order valence-electron chi connectivity index (χ4n) is 2.35. The monoisotopic (exact) mass is 468 g/mol. The van der Waals surface area contributed by atoms with E-state index >= 15 is 0 Å². The normalized spacial score (nSPS) is 10.9. The van der Waals surface area contributed by atoms with Crippen molar-refractivity contribution in [3.05, 3.63) is 66.7 Å². The smallest absolute Gasteiger partial charge is 0.344 e. The van der Waals surface area contributed by atoms with E-state index in [0.717, 1.165) is 18.4 Å². The van der Waals surface area contributed by atoms with E-state index in [1.165, 1.54) is 30.5 Å². The summed E-state index contributed by atoms with van der Waals surface area (Å²) in [4.78, 5) is 35.3. The molecule has 0 bridgehead atoms. The summed E-state index contributed by atoms with van der Waals surface area (Å²) in [5, 5.41) is 18.5. The third kappa shape index (κ3) is 4.32.